The van der Waals surface area contributed by atoms with Gasteiger partial charge in [0, 0.05) is 0 Å². The first-order chi connectivity index (χ1) is 9.95. The molecule has 1 atom stereocenters. The van der Waals surface area contributed by atoms with E-state index in [9.17, 15) is 18.4 Å². The number of aliphatic carboxylic acids is 1. The molecule has 0 aromatic heterocycles. The van der Waals surface area contributed by atoms with Crippen LogP contribution in [0.2, 0.25) is 0 Å². The fraction of sp³-hybridized carbons (Fsp3) is 0.167. The number of carboxylic acid groups (broad SMARTS) is 1. The summed E-state index contributed by atoms with van der Waals surface area (Å²) in [6, 6.07) is 3.22. The summed E-state index contributed by atoms with van der Waals surface area (Å²) in [5.74, 6) is -3.51. The molecule has 0 radical (unpaired) electrons. The van der Waals surface area contributed by atoms with Crippen LogP contribution in [0.1, 0.15) is 12.0 Å². The summed E-state index contributed by atoms with van der Waals surface area (Å²) in [5, 5.41) is 17.7. The molecule has 0 saturated carbocycles. The Morgan fingerprint density at radius 2 is 2.19 bits per heavy atom. The Balaban J connectivity index is 2.01. The molecule has 1 unspecified atom stereocenters. The van der Waals surface area contributed by atoms with Gasteiger partial charge >= 0.3 is 5.97 Å². The second-order valence-electron chi connectivity index (χ2n) is 4.02. The number of nitrogens with one attached hydrogen (secondary N) is 1. The molecule has 1 amide bonds. The van der Waals surface area contributed by atoms with Crippen LogP contribution in [0, 0.1) is 11.6 Å². The molecule has 1 aromatic rings. The van der Waals surface area contributed by atoms with Crippen molar-refractivity contribution in [3.8, 4) is 0 Å². The van der Waals surface area contributed by atoms with Crippen molar-refractivity contribution in [3.63, 3.8) is 0 Å². The Hall–Kier alpha value is -2.29. The van der Waals surface area contributed by atoms with Crippen molar-refractivity contribution in [2.75, 3.05) is 0 Å². The van der Waals surface area contributed by atoms with Crippen LogP contribution in [-0.4, -0.2) is 33.6 Å². The van der Waals surface area contributed by atoms with Crippen molar-refractivity contribution >= 4 is 35.0 Å². The van der Waals surface area contributed by atoms with Gasteiger partial charge in [-0.25, -0.2) is 8.78 Å². The molecule has 0 spiro atoms. The molecule has 6 nitrogen and oxygen atoms in total. The Labute approximate surface area is 121 Å². The minimum atomic E-state index is -1.09. The molecule has 1 fully saturated rings. The van der Waals surface area contributed by atoms with Crippen LogP contribution in [0.25, 0.3) is 0 Å². The van der Waals surface area contributed by atoms with Gasteiger partial charge in [0.1, 0.15) is 5.25 Å². The number of amides is 1. The quantitative estimate of drug-likeness (QED) is 0.648. The number of hydrogen-bond donors (Lipinski definition) is 2. The molecular weight excluding hydrogens is 304 g/mol. The number of rotatable bonds is 4. The van der Waals surface area contributed by atoms with Crippen molar-refractivity contribution in [1.29, 1.82) is 0 Å². The number of nitrogens with zero attached hydrogens (tertiary/aromatic N) is 2. The largest absolute Gasteiger partial charge is 0.481 e. The average Bonchev–Trinajstić information content (AvgIpc) is 2.73. The molecular formula is C12H9F2N3O3S. The highest BCUT2D eigenvalue weighted by atomic mass is 32.2. The monoisotopic (exact) mass is 313 g/mol. The second kappa shape index (κ2) is 6.44. The fourth-order valence-electron chi connectivity index (χ4n) is 1.49. The van der Waals surface area contributed by atoms with Gasteiger partial charge in [0.15, 0.2) is 16.8 Å². The molecule has 1 aliphatic heterocycles. The summed E-state index contributed by atoms with van der Waals surface area (Å²) in [7, 11) is 0. The molecule has 1 heterocycles. The van der Waals surface area contributed by atoms with E-state index in [1.54, 1.807) is 0 Å². The van der Waals surface area contributed by atoms with E-state index in [0.29, 0.717) is 5.56 Å². The lowest BCUT2D eigenvalue weighted by molar-refractivity contribution is -0.138. The second-order valence-corrected chi connectivity index (χ2v) is 5.21. The minimum Gasteiger partial charge on any atom is -0.481 e. The number of benzene rings is 1. The van der Waals surface area contributed by atoms with Crippen LogP contribution in [0.3, 0.4) is 0 Å². The molecule has 2 N–H and O–H groups in total. The van der Waals surface area contributed by atoms with E-state index < -0.39 is 28.8 Å². The summed E-state index contributed by atoms with van der Waals surface area (Å²) in [6.07, 6.45) is 0.870. The van der Waals surface area contributed by atoms with Crippen LogP contribution in [0.15, 0.2) is 28.4 Å². The van der Waals surface area contributed by atoms with Crippen LogP contribution in [-0.2, 0) is 9.59 Å². The molecule has 21 heavy (non-hydrogen) atoms. The predicted molar refractivity (Wildman–Crippen MR) is 73.2 cm³/mol. The Morgan fingerprint density at radius 1 is 1.43 bits per heavy atom. The van der Waals surface area contributed by atoms with E-state index in [-0.39, 0.29) is 11.6 Å². The number of thioether (sulfide) groups is 1. The van der Waals surface area contributed by atoms with Crippen molar-refractivity contribution in [3.05, 3.63) is 35.4 Å². The first kappa shape index (κ1) is 15.1. The number of carbonyl (C=O) groups excluding carboxylic acids is 1. The third-order valence-electron chi connectivity index (χ3n) is 2.44. The molecule has 1 saturated heterocycles. The smallest absolute Gasteiger partial charge is 0.305 e. The van der Waals surface area contributed by atoms with Gasteiger partial charge in [-0.1, -0.05) is 17.8 Å². The third kappa shape index (κ3) is 4.09. The molecule has 0 aliphatic carbocycles. The number of hydrogen-bond acceptors (Lipinski definition) is 5. The zero-order valence-corrected chi connectivity index (χ0v) is 11.2. The summed E-state index contributed by atoms with van der Waals surface area (Å²) in [5.41, 5.74) is 0.301. The van der Waals surface area contributed by atoms with Gasteiger partial charge in [-0.15, -0.1) is 5.10 Å². The summed E-state index contributed by atoms with van der Waals surface area (Å²) in [4.78, 5) is 22.0. The fourth-order valence-corrected chi connectivity index (χ4v) is 2.40. The van der Waals surface area contributed by atoms with E-state index in [4.69, 9.17) is 5.11 Å². The van der Waals surface area contributed by atoms with E-state index in [2.05, 4.69) is 15.5 Å². The standard InChI is InChI=1S/C12H9F2N3O3S/c13-7-2-1-6(3-8(7)14)5-15-17-12-16-11(20)9(21-12)4-10(18)19/h1-3,5,9H,4H2,(H,18,19)(H,16,17,20). The maximum Gasteiger partial charge on any atom is 0.305 e. The molecule has 1 aliphatic rings. The third-order valence-corrected chi connectivity index (χ3v) is 3.51. The Morgan fingerprint density at radius 3 is 2.86 bits per heavy atom. The van der Waals surface area contributed by atoms with Gasteiger partial charge < -0.3 is 10.4 Å². The van der Waals surface area contributed by atoms with E-state index >= 15 is 0 Å². The lowest BCUT2D eigenvalue weighted by Crippen LogP contribution is -2.26. The number of halogens is 2. The van der Waals surface area contributed by atoms with Gasteiger partial charge in [-0.2, -0.15) is 5.10 Å². The van der Waals surface area contributed by atoms with E-state index in [1.165, 1.54) is 12.3 Å². The lowest BCUT2D eigenvalue weighted by Gasteiger charge is -1.97. The van der Waals surface area contributed by atoms with Crippen molar-refractivity contribution in [2.45, 2.75) is 11.7 Å². The zero-order valence-electron chi connectivity index (χ0n) is 10.4. The summed E-state index contributed by atoms with van der Waals surface area (Å²) in [6.45, 7) is 0. The minimum absolute atomic E-state index is 0.157. The Bertz CT molecular complexity index is 649. The van der Waals surface area contributed by atoms with Gasteiger partial charge in [-0.05, 0) is 17.7 Å². The number of amidine groups is 1. The van der Waals surface area contributed by atoms with Crippen molar-refractivity contribution < 1.29 is 23.5 Å². The number of carboxylic acids is 1. The SMILES string of the molecule is O=C(O)CC1SC(=NN=Cc2ccc(F)c(F)c2)NC1=O. The van der Waals surface area contributed by atoms with Gasteiger partial charge in [0.05, 0.1) is 12.6 Å². The molecule has 1 aromatic carbocycles. The predicted octanol–water partition coefficient (Wildman–Crippen LogP) is 1.36. The Kier molecular flexibility index (Phi) is 4.63. The lowest BCUT2D eigenvalue weighted by atomic mass is 10.2. The summed E-state index contributed by atoms with van der Waals surface area (Å²) < 4.78 is 25.7. The normalized spacial score (nSPS) is 20.2. The first-order valence-corrected chi connectivity index (χ1v) is 6.59. The topological polar surface area (TPSA) is 91.1 Å². The highest BCUT2D eigenvalue weighted by Gasteiger charge is 2.32. The van der Waals surface area contributed by atoms with Crippen molar-refractivity contribution in [2.24, 2.45) is 10.2 Å². The maximum atomic E-state index is 12.9. The van der Waals surface area contributed by atoms with Gasteiger partial charge in [0.2, 0.25) is 5.91 Å². The molecule has 2 rings (SSSR count). The summed E-state index contributed by atoms with van der Waals surface area (Å²) >= 11 is 0.949. The van der Waals surface area contributed by atoms with Crippen LogP contribution in [0.5, 0.6) is 0 Å². The molecule has 110 valence electrons. The van der Waals surface area contributed by atoms with E-state index in [1.807, 2.05) is 0 Å². The highest BCUT2D eigenvalue weighted by molar-refractivity contribution is 8.15. The van der Waals surface area contributed by atoms with E-state index in [0.717, 1.165) is 23.9 Å². The first-order valence-electron chi connectivity index (χ1n) is 5.71. The zero-order chi connectivity index (χ0) is 15.4. The van der Waals surface area contributed by atoms with Gasteiger partial charge in [-0.3, -0.25) is 9.59 Å². The number of carbonyl (C=O) groups is 2. The molecule has 0 bridgehead atoms. The van der Waals surface area contributed by atoms with Gasteiger partial charge in [0.25, 0.3) is 0 Å². The maximum absolute atomic E-state index is 12.9. The average molecular weight is 313 g/mol. The van der Waals surface area contributed by atoms with Crippen LogP contribution < -0.4 is 5.32 Å². The molecule has 9 heteroatoms. The van der Waals surface area contributed by atoms with Crippen LogP contribution >= 0.6 is 11.8 Å². The van der Waals surface area contributed by atoms with Crippen molar-refractivity contribution in [1.82, 2.24) is 5.32 Å². The highest BCUT2D eigenvalue weighted by Crippen LogP contribution is 2.22. The van der Waals surface area contributed by atoms with Crippen LogP contribution in [0.4, 0.5) is 8.78 Å².